The van der Waals surface area contributed by atoms with E-state index in [0.29, 0.717) is 18.7 Å². The van der Waals surface area contributed by atoms with Crippen molar-refractivity contribution in [3.05, 3.63) is 45.9 Å². The average Bonchev–Trinajstić information content (AvgIpc) is 2.93. The van der Waals surface area contributed by atoms with Crippen LogP contribution >= 0.6 is 11.3 Å². The summed E-state index contributed by atoms with van der Waals surface area (Å²) in [6, 6.07) is 7.38. The molecule has 0 unspecified atom stereocenters. The second kappa shape index (κ2) is 7.05. The molecule has 0 saturated heterocycles. The number of carbonyl (C=O) groups excluding carboxylic acids is 1. The molecule has 0 radical (unpaired) electrons. The summed E-state index contributed by atoms with van der Waals surface area (Å²) in [7, 11) is 0. The van der Waals surface area contributed by atoms with Crippen LogP contribution in [0.3, 0.4) is 0 Å². The van der Waals surface area contributed by atoms with Gasteiger partial charge in [-0.3, -0.25) is 0 Å². The molecular weight excluding hydrogens is 272 g/mol. The zero-order valence-corrected chi connectivity index (χ0v) is 12.5. The molecule has 5 heteroatoms. The van der Waals surface area contributed by atoms with Crippen LogP contribution in [0, 0.1) is 0 Å². The molecule has 1 N–H and O–H groups in total. The topological polar surface area (TPSA) is 51.2 Å². The molecule has 0 amide bonds. The number of aromatic nitrogens is 1. The van der Waals surface area contributed by atoms with Gasteiger partial charge in [-0.25, -0.2) is 9.78 Å². The summed E-state index contributed by atoms with van der Waals surface area (Å²) in [5.74, 6) is -0.297. The Balaban J connectivity index is 2.07. The van der Waals surface area contributed by atoms with Gasteiger partial charge in [0.1, 0.15) is 0 Å². The zero-order valence-electron chi connectivity index (χ0n) is 11.7. The predicted octanol–water partition coefficient (Wildman–Crippen LogP) is 3.49. The summed E-state index contributed by atoms with van der Waals surface area (Å²) in [5, 5.41) is 4.40. The minimum Gasteiger partial charge on any atom is -0.462 e. The number of thiazole rings is 1. The maximum Gasteiger partial charge on any atom is 0.340 e. The Morgan fingerprint density at radius 3 is 2.85 bits per heavy atom. The van der Waals surface area contributed by atoms with Gasteiger partial charge in [-0.05, 0) is 25.5 Å². The first-order valence-corrected chi connectivity index (χ1v) is 7.49. The normalized spacial score (nSPS) is 10.3. The number of hydrogen-bond donors (Lipinski definition) is 1. The summed E-state index contributed by atoms with van der Waals surface area (Å²) in [4.78, 5) is 17.3. The van der Waals surface area contributed by atoms with Gasteiger partial charge in [-0.2, -0.15) is 0 Å². The van der Waals surface area contributed by atoms with E-state index < -0.39 is 0 Å². The quantitative estimate of drug-likeness (QED) is 0.827. The minimum atomic E-state index is -0.297. The predicted molar refractivity (Wildman–Crippen MR) is 81.2 cm³/mol. The Bertz CT molecular complexity index is 581. The van der Waals surface area contributed by atoms with Crippen molar-refractivity contribution in [2.45, 2.75) is 26.8 Å². The molecule has 0 saturated carbocycles. The maximum absolute atomic E-state index is 11.9. The van der Waals surface area contributed by atoms with E-state index in [1.165, 1.54) is 0 Å². The maximum atomic E-state index is 11.9. The van der Waals surface area contributed by atoms with E-state index in [4.69, 9.17) is 4.74 Å². The highest BCUT2D eigenvalue weighted by atomic mass is 32.1. The Morgan fingerprint density at radius 2 is 2.15 bits per heavy atom. The largest absolute Gasteiger partial charge is 0.462 e. The smallest absolute Gasteiger partial charge is 0.340 e. The van der Waals surface area contributed by atoms with Crippen LogP contribution in [0.2, 0.25) is 0 Å². The first-order valence-electron chi connectivity index (χ1n) is 6.68. The number of carbonyl (C=O) groups is 1. The lowest BCUT2D eigenvalue weighted by molar-refractivity contribution is 0.0527. The van der Waals surface area contributed by atoms with Gasteiger partial charge in [0.15, 0.2) is 0 Å². The first-order chi connectivity index (χ1) is 9.74. The van der Waals surface area contributed by atoms with Crippen LogP contribution < -0.4 is 5.32 Å². The number of aryl methyl sites for hydroxylation is 1. The summed E-state index contributed by atoms with van der Waals surface area (Å²) >= 11 is 1.69. The van der Waals surface area contributed by atoms with Gasteiger partial charge in [0, 0.05) is 16.8 Å². The van der Waals surface area contributed by atoms with E-state index in [-0.39, 0.29) is 5.97 Å². The standard InChI is InChI=1S/C15H18N2O2S/c1-3-14-17-10-11(20-14)9-16-13-8-6-5-7-12(13)15(18)19-4-2/h5-8,10,16H,3-4,9H2,1-2H3. The molecule has 0 aliphatic rings. The molecule has 20 heavy (non-hydrogen) atoms. The summed E-state index contributed by atoms with van der Waals surface area (Å²) in [6.07, 6.45) is 2.83. The van der Waals surface area contributed by atoms with Crippen molar-refractivity contribution in [3.8, 4) is 0 Å². The Morgan fingerprint density at radius 1 is 1.35 bits per heavy atom. The van der Waals surface area contributed by atoms with Crippen LogP contribution in [0.25, 0.3) is 0 Å². The van der Waals surface area contributed by atoms with Crippen LogP contribution in [0.15, 0.2) is 30.5 Å². The van der Waals surface area contributed by atoms with Gasteiger partial charge in [0.25, 0.3) is 0 Å². The number of nitrogens with zero attached hydrogens (tertiary/aromatic N) is 1. The highest BCUT2D eigenvalue weighted by molar-refractivity contribution is 7.11. The molecule has 2 rings (SSSR count). The molecule has 1 aromatic carbocycles. The van der Waals surface area contributed by atoms with Crippen LogP contribution in [0.5, 0.6) is 0 Å². The van der Waals surface area contributed by atoms with Crippen LogP contribution in [-0.4, -0.2) is 17.6 Å². The second-order valence-corrected chi connectivity index (χ2v) is 5.39. The SMILES string of the molecule is CCOC(=O)c1ccccc1NCc1cnc(CC)s1. The van der Waals surface area contributed by atoms with Crippen molar-refractivity contribution in [3.63, 3.8) is 0 Å². The Kier molecular flexibility index (Phi) is 5.12. The molecule has 0 aliphatic carbocycles. The van der Waals surface area contributed by atoms with Gasteiger partial charge in [-0.1, -0.05) is 19.1 Å². The third-order valence-corrected chi connectivity index (χ3v) is 3.92. The lowest BCUT2D eigenvalue weighted by Gasteiger charge is -2.10. The number of nitrogens with one attached hydrogen (secondary N) is 1. The van der Waals surface area contributed by atoms with Crippen LogP contribution in [0.4, 0.5) is 5.69 Å². The summed E-state index contributed by atoms with van der Waals surface area (Å²) in [5.41, 5.74) is 1.35. The van der Waals surface area contributed by atoms with E-state index in [9.17, 15) is 4.79 Å². The molecule has 0 spiro atoms. The number of para-hydroxylation sites is 1. The van der Waals surface area contributed by atoms with E-state index in [0.717, 1.165) is 22.0 Å². The Labute approximate surface area is 122 Å². The van der Waals surface area contributed by atoms with E-state index in [1.807, 2.05) is 24.4 Å². The van der Waals surface area contributed by atoms with E-state index in [1.54, 1.807) is 24.3 Å². The number of benzene rings is 1. The molecule has 0 aliphatic heterocycles. The van der Waals surface area contributed by atoms with Gasteiger partial charge in [0.2, 0.25) is 0 Å². The van der Waals surface area contributed by atoms with Gasteiger partial charge in [-0.15, -0.1) is 11.3 Å². The fourth-order valence-corrected chi connectivity index (χ4v) is 2.60. The zero-order chi connectivity index (χ0) is 14.4. The molecule has 0 atom stereocenters. The van der Waals surface area contributed by atoms with Crippen molar-refractivity contribution in [1.29, 1.82) is 0 Å². The summed E-state index contributed by atoms with van der Waals surface area (Å²) in [6.45, 7) is 4.93. The second-order valence-electron chi connectivity index (χ2n) is 4.19. The Hall–Kier alpha value is -1.88. The number of ether oxygens (including phenoxy) is 1. The van der Waals surface area contributed by atoms with Crippen molar-refractivity contribution in [2.24, 2.45) is 0 Å². The fourth-order valence-electron chi connectivity index (χ4n) is 1.80. The lowest BCUT2D eigenvalue weighted by atomic mass is 10.2. The molecule has 2 aromatic rings. The molecule has 0 fully saturated rings. The molecular formula is C15H18N2O2S. The first kappa shape index (κ1) is 14.5. The molecule has 1 heterocycles. The lowest BCUT2D eigenvalue weighted by Crippen LogP contribution is -2.09. The van der Waals surface area contributed by atoms with Gasteiger partial charge < -0.3 is 10.1 Å². The van der Waals surface area contributed by atoms with E-state index >= 15 is 0 Å². The van der Waals surface area contributed by atoms with Crippen LogP contribution in [0.1, 0.15) is 34.1 Å². The summed E-state index contributed by atoms with van der Waals surface area (Å²) < 4.78 is 5.05. The number of hydrogen-bond acceptors (Lipinski definition) is 5. The van der Waals surface area contributed by atoms with E-state index in [2.05, 4.69) is 17.2 Å². The highest BCUT2D eigenvalue weighted by Crippen LogP contribution is 2.19. The van der Waals surface area contributed by atoms with Crippen molar-refractivity contribution in [1.82, 2.24) is 4.98 Å². The molecule has 106 valence electrons. The van der Waals surface area contributed by atoms with Gasteiger partial charge in [0.05, 0.1) is 23.7 Å². The number of rotatable bonds is 6. The third kappa shape index (κ3) is 3.57. The number of anilines is 1. The number of esters is 1. The molecule has 4 nitrogen and oxygen atoms in total. The monoisotopic (exact) mass is 290 g/mol. The fraction of sp³-hybridized carbons (Fsp3) is 0.333. The third-order valence-electron chi connectivity index (χ3n) is 2.78. The highest BCUT2D eigenvalue weighted by Gasteiger charge is 2.11. The van der Waals surface area contributed by atoms with Crippen molar-refractivity contribution < 1.29 is 9.53 Å². The molecule has 0 bridgehead atoms. The van der Waals surface area contributed by atoms with Crippen LogP contribution in [-0.2, 0) is 17.7 Å². The average molecular weight is 290 g/mol. The molecule has 1 aromatic heterocycles. The van der Waals surface area contributed by atoms with Gasteiger partial charge >= 0.3 is 5.97 Å². The van der Waals surface area contributed by atoms with Crippen molar-refractivity contribution in [2.75, 3.05) is 11.9 Å². The minimum absolute atomic E-state index is 0.297. The van der Waals surface area contributed by atoms with Crippen molar-refractivity contribution >= 4 is 23.0 Å².